The predicted molar refractivity (Wildman–Crippen MR) is 83.6 cm³/mol. The van der Waals surface area contributed by atoms with Crippen LogP contribution in [0.1, 0.15) is 26.2 Å². The second kappa shape index (κ2) is 8.14. The van der Waals surface area contributed by atoms with Crippen molar-refractivity contribution in [1.82, 2.24) is 9.97 Å². The fraction of sp³-hybridized carbons (Fsp3) is 0.733. The molecule has 2 heterocycles. The monoisotopic (exact) mass is 294 g/mol. The number of hydrogen-bond donors (Lipinski definition) is 2. The predicted octanol–water partition coefficient (Wildman–Crippen LogP) is 1.52. The molecule has 0 amide bonds. The number of anilines is 2. The van der Waals surface area contributed by atoms with Crippen LogP contribution in [0.25, 0.3) is 0 Å². The van der Waals surface area contributed by atoms with E-state index in [4.69, 9.17) is 4.74 Å². The van der Waals surface area contributed by atoms with Gasteiger partial charge in [-0.25, -0.2) is 9.97 Å². The van der Waals surface area contributed by atoms with Crippen molar-refractivity contribution in [2.75, 3.05) is 43.6 Å². The van der Waals surface area contributed by atoms with Gasteiger partial charge in [-0.05, 0) is 25.2 Å². The topological polar surface area (TPSA) is 70.5 Å². The third kappa shape index (κ3) is 5.13. The average Bonchev–Trinajstić information content (AvgIpc) is 2.48. The van der Waals surface area contributed by atoms with Gasteiger partial charge in [0, 0.05) is 32.8 Å². The van der Waals surface area contributed by atoms with E-state index in [2.05, 4.69) is 27.1 Å². The summed E-state index contributed by atoms with van der Waals surface area (Å²) >= 11 is 0. The summed E-state index contributed by atoms with van der Waals surface area (Å²) in [4.78, 5) is 10.9. The van der Waals surface area contributed by atoms with Crippen LogP contribution in [0.2, 0.25) is 0 Å². The summed E-state index contributed by atoms with van der Waals surface area (Å²) in [5.41, 5.74) is 0. The van der Waals surface area contributed by atoms with Crippen molar-refractivity contribution in [2.45, 2.75) is 32.3 Å². The summed E-state index contributed by atoms with van der Waals surface area (Å²) in [5.74, 6) is 2.51. The molecule has 21 heavy (non-hydrogen) atoms. The van der Waals surface area contributed by atoms with Gasteiger partial charge in [-0.2, -0.15) is 0 Å². The molecule has 1 fully saturated rings. The smallest absolute Gasteiger partial charge is 0.134 e. The second-order valence-electron chi connectivity index (χ2n) is 5.78. The molecule has 0 radical (unpaired) electrons. The molecule has 2 N–H and O–H groups in total. The first-order valence-corrected chi connectivity index (χ1v) is 7.67. The highest BCUT2D eigenvalue weighted by molar-refractivity contribution is 5.48. The molecular formula is C15H26N4O2. The van der Waals surface area contributed by atoms with Crippen molar-refractivity contribution < 1.29 is 9.84 Å². The van der Waals surface area contributed by atoms with E-state index in [0.29, 0.717) is 25.5 Å². The van der Waals surface area contributed by atoms with Crippen LogP contribution in [-0.4, -0.2) is 54.5 Å². The maximum Gasteiger partial charge on any atom is 0.134 e. The maximum atomic E-state index is 9.61. The fourth-order valence-corrected chi connectivity index (χ4v) is 2.66. The summed E-state index contributed by atoms with van der Waals surface area (Å²) in [5, 5.41) is 12.8. The molecular weight excluding hydrogens is 268 g/mol. The Balaban J connectivity index is 1.85. The molecule has 2 rings (SSSR count). The highest BCUT2D eigenvalue weighted by Crippen LogP contribution is 2.22. The van der Waals surface area contributed by atoms with E-state index in [0.717, 1.165) is 24.7 Å². The van der Waals surface area contributed by atoms with E-state index >= 15 is 0 Å². The van der Waals surface area contributed by atoms with Gasteiger partial charge in [-0.1, -0.05) is 6.92 Å². The van der Waals surface area contributed by atoms with Crippen LogP contribution < -0.4 is 10.2 Å². The van der Waals surface area contributed by atoms with Gasteiger partial charge in [-0.3, -0.25) is 0 Å². The van der Waals surface area contributed by atoms with Crippen molar-refractivity contribution in [1.29, 1.82) is 0 Å². The minimum atomic E-state index is -0.438. The molecule has 2 unspecified atom stereocenters. The zero-order valence-electron chi connectivity index (χ0n) is 13.0. The lowest BCUT2D eigenvalue weighted by atomic mass is 10.0. The lowest BCUT2D eigenvalue weighted by molar-refractivity contribution is 0.0615. The number of methoxy groups -OCH3 is 1. The number of hydrogen-bond acceptors (Lipinski definition) is 6. The highest BCUT2D eigenvalue weighted by atomic mass is 16.5. The first-order valence-electron chi connectivity index (χ1n) is 7.67. The van der Waals surface area contributed by atoms with E-state index in [1.807, 2.05) is 6.07 Å². The summed E-state index contributed by atoms with van der Waals surface area (Å²) in [6, 6.07) is 1.99. The maximum absolute atomic E-state index is 9.61. The van der Waals surface area contributed by atoms with Crippen molar-refractivity contribution in [3.05, 3.63) is 12.4 Å². The average molecular weight is 294 g/mol. The number of nitrogens with one attached hydrogen (secondary N) is 1. The Kier molecular flexibility index (Phi) is 6.20. The zero-order valence-corrected chi connectivity index (χ0v) is 13.0. The number of nitrogens with zero attached hydrogens (tertiary/aromatic N) is 3. The SMILES string of the molecule is COCC(O)CCNc1cc(N2CCCC(C)C2)ncn1. The van der Waals surface area contributed by atoms with Gasteiger partial charge in [0.25, 0.3) is 0 Å². The molecule has 1 aliphatic heterocycles. The van der Waals surface area contributed by atoms with Gasteiger partial charge in [0.15, 0.2) is 0 Å². The van der Waals surface area contributed by atoms with Gasteiger partial charge < -0.3 is 20.1 Å². The minimum Gasteiger partial charge on any atom is -0.391 e. The quantitative estimate of drug-likeness (QED) is 0.794. The third-order valence-electron chi connectivity index (χ3n) is 3.78. The van der Waals surface area contributed by atoms with E-state index in [1.165, 1.54) is 12.8 Å². The molecule has 1 aromatic rings. The van der Waals surface area contributed by atoms with E-state index in [-0.39, 0.29) is 0 Å². The Morgan fingerprint density at radius 3 is 3.14 bits per heavy atom. The molecule has 6 heteroatoms. The first-order chi connectivity index (χ1) is 10.2. The molecule has 6 nitrogen and oxygen atoms in total. The fourth-order valence-electron chi connectivity index (χ4n) is 2.66. The van der Waals surface area contributed by atoms with Crippen LogP contribution in [0.4, 0.5) is 11.6 Å². The number of aromatic nitrogens is 2. The van der Waals surface area contributed by atoms with E-state index in [1.54, 1.807) is 13.4 Å². The molecule has 0 aliphatic carbocycles. The van der Waals surface area contributed by atoms with E-state index in [9.17, 15) is 5.11 Å². The number of aliphatic hydroxyl groups is 1. The molecule has 2 atom stereocenters. The first kappa shape index (κ1) is 16.0. The van der Waals surface area contributed by atoms with Gasteiger partial charge in [0.2, 0.25) is 0 Å². The van der Waals surface area contributed by atoms with Crippen molar-refractivity contribution in [3.8, 4) is 0 Å². The number of aliphatic hydroxyl groups excluding tert-OH is 1. The Hall–Kier alpha value is -1.40. The molecule has 0 spiro atoms. The van der Waals surface area contributed by atoms with E-state index < -0.39 is 6.10 Å². The lowest BCUT2D eigenvalue weighted by Gasteiger charge is -2.31. The Labute approximate surface area is 126 Å². The Bertz CT molecular complexity index is 430. The van der Waals surface area contributed by atoms with Crippen molar-refractivity contribution in [2.24, 2.45) is 5.92 Å². The van der Waals surface area contributed by atoms with Crippen LogP contribution in [0.15, 0.2) is 12.4 Å². The summed E-state index contributed by atoms with van der Waals surface area (Å²) in [6.45, 7) is 5.43. The van der Waals surface area contributed by atoms with Gasteiger partial charge in [0.1, 0.15) is 18.0 Å². The molecule has 1 aliphatic rings. The second-order valence-corrected chi connectivity index (χ2v) is 5.78. The standard InChI is InChI=1S/C15H26N4O2/c1-12-4-3-7-19(9-12)15-8-14(17-11-18-15)16-6-5-13(20)10-21-2/h8,11-13,20H,3-7,9-10H2,1-2H3,(H,16,17,18). The van der Waals surface area contributed by atoms with Crippen molar-refractivity contribution >= 4 is 11.6 Å². The summed E-state index contributed by atoms with van der Waals surface area (Å²) in [6.07, 6.45) is 4.31. The van der Waals surface area contributed by atoms with Crippen molar-refractivity contribution in [3.63, 3.8) is 0 Å². The largest absolute Gasteiger partial charge is 0.391 e. The molecule has 0 saturated carbocycles. The summed E-state index contributed by atoms with van der Waals surface area (Å²) in [7, 11) is 1.59. The lowest BCUT2D eigenvalue weighted by Crippen LogP contribution is -2.34. The number of piperidine rings is 1. The molecule has 118 valence electrons. The Morgan fingerprint density at radius 2 is 2.38 bits per heavy atom. The van der Waals surface area contributed by atoms with Crippen LogP contribution in [0, 0.1) is 5.92 Å². The normalized spacial score (nSPS) is 20.3. The summed E-state index contributed by atoms with van der Waals surface area (Å²) < 4.78 is 4.90. The third-order valence-corrected chi connectivity index (χ3v) is 3.78. The van der Waals surface area contributed by atoms with Crippen LogP contribution >= 0.6 is 0 Å². The molecule has 1 aromatic heterocycles. The van der Waals surface area contributed by atoms with Gasteiger partial charge in [-0.15, -0.1) is 0 Å². The number of ether oxygens (including phenoxy) is 1. The minimum absolute atomic E-state index is 0.363. The van der Waals surface area contributed by atoms with Crippen LogP contribution in [0.5, 0.6) is 0 Å². The van der Waals surface area contributed by atoms with Gasteiger partial charge in [0.05, 0.1) is 12.7 Å². The molecule has 0 aromatic carbocycles. The Morgan fingerprint density at radius 1 is 1.52 bits per heavy atom. The molecule has 0 bridgehead atoms. The van der Waals surface area contributed by atoms with Crippen LogP contribution in [0.3, 0.4) is 0 Å². The van der Waals surface area contributed by atoms with Crippen LogP contribution in [-0.2, 0) is 4.74 Å². The van der Waals surface area contributed by atoms with Gasteiger partial charge >= 0.3 is 0 Å². The zero-order chi connectivity index (χ0) is 15.1. The number of rotatable bonds is 7. The molecule has 1 saturated heterocycles. The highest BCUT2D eigenvalue weighted by Gasteiger charge is 2.17.